The molecule has 1 unspecified atom stereocenters. The first-order valence-electron chi connectivity index (χ1n) is 7.78. The van der Waals surface area contributed by atoms with Crippen molar-refractivity contribution < 1.29 is 9.18 Å². The summed E-state index contributed by atoms with van der Waals surface area (Å²) in [6.07, 6.45) is 2.58. The topological polar surface area (TPSA) is 32.3 Å². The van der Waals surface area contributed by atoms with E-state index in [4.69, 9.17) is 0 Å². The highest BCUT2D eigenvalue weighted by Gasteiger charge is 2.26. The Bertz CT molecular complexity index is 475. The molecule has 0 spiro atoms. The molecule has 22 heavy (non-hydrogen) atoms. The maximum atomic E-state index is 13.7. The van der Waals surface area contributed by atoms with Gasteiger partial charge in [-0.15, -0.1) is 12.4 Å². The second-order valence-electron chi connectivity index (χ2n) is 6.02. The zero-order valence-corrected chi connectivity index (χ0v) is 14.2. The number of amides is 1. The van der Waals surface area contributed by atoms with E-state index in [1.165, 1.54) is 6.07 Å². The number of hydrogen-bond acceptors (Lipinski definition) is 2. The minimum Gasteiger partial charge on any atom is -0.342 e. The lowest BCUT2D eigenvalue weighted by Crippen LogP contribution is -2.43. The Kier molecular flexibility index (Phi) is 7.83. The van der Waals surface area contributed by atoms with Crippen LogP contribution < -0.4 is 5.32 Å². The third-order valence-corrected chi connectivity index (χ3v) is 4.32. The molecule has 124 valence electrons. The van der Waals surface area contributed by atoms with Crippen molar-refractivity contribution in [3.8, 4) is 0 Å². The van der Waals surface area contributed by atoms with Crippen LogP contribution in [0.15, 0.2) is 24.3 Å². The fraction of sp³-hybridized carbons (Fsp3) is 0.588. The van der Waals surface area contributed by atoms with Crippen LogP contribution in [-0.4, -0.2) is 37.5 Å². The Morgan fingerprint density at radius 3 is 2.59 bits per heavy atom. The van der Waals surface area contributed by atoms with Crippen LogP contribution in [0.2, 0.25) is 0 Å². The monoisotopic (exact) mass is 328 g/mol. The minimum absolute atomic E-state index is 0. The van der Waals surface area contributed by atoms with E-state index in [-0.39, 0.29) is 30.0 Å². The highest BCUT2D eigenvalue weighted by atomic mass is 35.5. The molecule has 0 saturated carbocycles. The lowest BCUT2D eigenvalue weighted by atomic mass is 9.94. The van der Waals surface area contributed by atoms with Crippen LogP contribution >= 0.6 is 12.4 Å². The van der Waals surface area contributed by atoms with E-state index in [0.717, 1.165) is 32.5 Å². The SMILES string of the molecule is CNCC1CCN(C(=O)C(C)Cc2ccccc2F)CC1.Cl. The number of likely N-dealkylation sites (tertiary alicyclic amines) is 1. The normalized spacial score (nSPS) is 17.0. The third-order valence-electron chi connectivity index (χ3n) is 4.32. The molecule has 0 aliphatic carbocycles. The molecule has 1 aromatic rings. The van der Waals surface area contributed by atoms with E-state index in [1.807, 2.05) is 24.9 Å². The number of rotatable bonds is 5. The van der Waals surface area contributed by atoms with Gasteiger partial charge in [-0.1, -0.05) is 25.1 Å². The van der Waals surface area contributed by atoms with Crippen molar-refractivity contribution in [1.29, 1.82) is 0 Å². The minimum atomic E-state index is -0.218. The molecule has 1 aromatic carbocycles. The molecule has 3 nitrogen and oxygen atoms in total. The summed E-state index contributed by atoms with van der Waals surface area (Å²) in [7, 11) is 1.97. The summed E-state index contributed by atoms with van der Waals surface area (Å²) in [6, 6.07) is 6.71. The smallest absolute Gasteiger partial charge is 0.225 e. The number of benzene rings is 1. The molecule has 0 bridgehead atoms. The average molecular weight is 329 g/mol. The molecule has 2 rings (SSSR count). The zero-order valence-electron chi connectivity index (χ0n) is 13.3. The maximum Gasteiger partial charge on any atom is 0.225 e. The lowest BCUT2D eigenvalue weighted by Gasteiger charge is -2.33. The van der Waals surface area contributed by atoms with E-state index in [2.05, 4.69) is 5.32 Å². The Morgan fingerprint density at radius 2 is 2.00 bits per heavy atom. The molecule has 1 heterocycles. The van der Waals surface area contributed by atoms with Gasteiger partial charge in [-0.3, -0.25) is 4.79 Å². The number of nitrogens with one attached hydrogen (secondary N) is 1. The molecule has 1 saturated heterocycles. The van der Waals surface area contributed by atoms with Gasteiger partial charge in [-0.25, -0.2) is 4.39 Å². The Hall–Kier alpha value is -1.13. The average Bonchev–Trinajstić information content (AvgIpc) is 2.50. The molecular formula is C17H26ClFN2O. The van der Waals surface area contributed by atoms with Gasteiger partial charge in [0, 0.05) is 19.0 Å². The molecule has 1 atom stereocenters. The van der Waals surface area contributed by atoms with E-state index >= 15 is 0 Å². The molecular weight excluding hydrogens is 303 g/mol. The maximum absolute atomic E-state index is 13.7. The van der Waals surface area contributed by atoms with Gasteiger partial charge in [0.15, 0.2) is 0 Å². The van der Waals surface area contributed by atoms with Crippen molar-refractivity contribution in [3.63, 3.8) is 0 Å². The van der Waals surface area contributed by atoms with Gasteiger partial charge in [-0.2, -0.15) is 0 Å². The fourth-order valence-corrected chi connectivity index (χ4v) is 3.04. The van der Waals surface area contributed by atoms with E-state index in [1.54, 1.807) is 12.1 Å². The van der Waals surface area contributed by atoms with Crippen LogP contribution in [-0.2, 0) is 11.2 Å². The van der Waals surface area contributed by atoms with Crippen LogP contribution in [0.1, 0.15) is 25.3 Å². The van der Waals surface area contributed by atoms with Crippen LogP contribution in [0.4, 0.5) is 4.39 Å². The summed E-state index contributed by atoms with van der Waals surface area (Å²) in [6.45, 7) is 4.57. The van der Waals surface area contributed by atoms with Gasteiger partial charge >= 0.3 is 0 Å². The fourth-order valence-electron chi connectivity index (χ4n) is 3.04. The second-order valence-corrected chi connectivity index (χ2v) is 6.02. The predicted molar refractivity (Wildman–Crippen MR) is 89.7 cm³/mol. The molecule has 1 aliphatic heterocycles. The summed E-state index contributed by atoms with van der Waals surface area (Å²) in [5.74, 6) is 0.440. The lowest BCUT2D eigenvalue weighted by molar-refractivity contribution is -0.136. The van der Waals surface area contributed by atoms with Crippen LogP contribution in [0.5, 0.6) is 0 Å². The number of piperidine rings is 1. The highest BCUT2D eigenvalue weighted by Crippen LogP contribution is 2.20. The summed E-state index contributed by atoms with van der Waals surface area (Å²) in [4.78, 5) is 14.4. The highest BCUT2D eigenvalue weighted by molar-refractivity contribution is 5.85. The van der Waals surface area contributed by atoms with Gasteiger partial charge in [0.25, 0.3) is 0 Å². The van der Waals surface area contributed by atoms with E-state index < -0.39 is 0 Å². The van der Waals surface area contributed by atoms with Crippen LogP contribution in [0, 0.1) is 17.7 Å². The Balaban J connectivity index is 0.00000242. The van der Waals surface area contributed by atoms with E-state index in [0.29, 0.717) is 17.9 Å². The van der Waals surface area contributed by atoms with Crippen molar-refractivity contribution in [2.24, 2.45) is 11.8 Å². The molecule has 0 aromatic heterocycles. The Morgan fingerprint density at radius 1 is 1.36 bits per heavy atom. The van der Waals surface area contributed by atoms with Gasteiger partial charge in [0.05, 0.1) is 0 Å². The first-order chi connectivity index (χ1) is 10.1. The molecule has 1 aliphatic rings. The second kappa shape index (κ2) is 9.11. The van der Waals surface area contributed by atoms with Crippen LogP contribution in [0.3, 0.4) is 0 Å². The summed E-state index contributed by atoms with van der Waals surface area (Å²) in [5, 5.41) is 3.20. The molecule has 5 heteroatoms. The molecule has 0 radical (unpaired) electrons. The van der Waals surface area contributed by atoms with Gasteiger partial charge < -0.3 is 10.2 Å². The number of carbonyl (C=O) groups is 1. The van der Waals surface area contributed by atoms with Crippen molar-refractivity contribution in [3.05, 3.63) is 35.6 Å². The summed E-state index contributed by atoms with van der Waals surface area (Å²) < 4.78 is 13.7. The third kappa shape index (κ3) is 4.96. The van der Waals surface area contributed by atoms with Crippen molar-refractivity contribution >= 4 is 18.3 Å². The number of carbonyl (C=O) groups excluding carboxylic acids is 1. The molecule has 1 N–H and O–H groups in total. The summed E-state index contributed by atoms with van der Waals surface area (Å²) >= 11 is 0. The van der Waals surface area contributed by atoms with Crippen molar-refractivity contribution in [1.82, 2.24) is 10.2 Å². The van der Waals surface area contributed by atoms with Gasteiger partial charge in [-0.05, 0) is 50.4 Å². The number of hydrogen-bond donors (Lipinski definition) is 1. The quantitative estimate of drug-likeness (QED) is 0.901. The predicted octanol–water partition coefficient (Wildman–Crippen LogP) is 2.88. The summed E-state index contributed by atoms with van der Waals surface area (Å²) in [5.41, 5.74) is 0.628. The largest absolute Gasteiger partial charge is 0.342 e. The standard InChI is InChI=1S/C17H25FN2O.ClH/c1-13(11-15-5-3-4-6-16(15)18)17(21)20-9-7-14(8-10-20)12-19-2;/h3-6,13-14,19H,7-12H2,1-2H3;1H. The van der Waals surface area contributed by atoms with E-state index in [9.17, 15) is 9.18 Å². The first-order valence-corrected chi connectivity index (χ1v) is 7.78. The van der Waals surface area contributed by atoms with Crippen molar-refractivity contribution in [2.75, 3.05) is 26.7 Å². The van der Waals surface area contributed by atoms with Crippen molar-refractivity contribution in [2.45, 2.75) is 26.2 Å². The number of halogens is 2. The molecule has 1 fully saturated rings. The first kappa shape index (κ1) is 18.9. The Labute approximate surface area is 138 Å². The molecule has 1 amide bonds. The zero-order chi connectivity index (χ0) is 15.2. The number of nitrogens with zero attached hydrogens (tertiary/aromatic N) is 1. The van der Waals surface area contributed by atoms with Gasteiger partial charge in [0.1, 0.15) is 5.82 Å². The van der Waals surface area contributed by atoms with Crippen LogP contribution in [0.25, 0.3) is 0 Å². The van der Waals surface area contributed by atoms with Gasteiger partial charge in [0.2, 0.25) is 5.91 Å².